The summed E-state index contributed by atoms with van der Waals surface area (Å²) < 4.78 is 1.30. The van der Waals surface area contributed by atoms with E-state index in [1.54, 1.807) is 0 Å². The van der Waals surface area contributed by atoms with Gasteiger partial charge in [0.2, 0.25) is 0 Å². The Kier molecular flexibility index (Phi) is 8.12. The first-order valence-corrected chi connectivity index (χ1v) is 20.4. The van der Waals surface area contributed by atoms with E-state index in [0.29, 0.717) is 0 Å². The highest BCUT2D eigenvalue weighted by molar-refractivity contribution is 7.23. The van der Waals surface area contributed by atoms with Crippen LogP contribution >= 0.6 is 11.3 Å². The van der Waals surface area contributed by atoms with E-state index in [-0.39, 0.29) is 0 Å². The third-order valence-corrected chi connectivity index (χ3v) is 12.7. The fraction of sp³-hybridized carbons (Fsp3) is 0. The van der Waals surface area contributed by atoms with Crippen molar-refractivity contribution in [2.45, 2.75) is 0 Å². The van der Waals surface area contributed by atoms with Crippen molar-refractivity contribution in [2.75, 3.05) is 0 Å². The lowest BCUT2D eigenvalue weighted by molar-refractivity contribution is 1.62. The van der Waals surface area contributed by atoms with E-state index in [0.717, 1.165) is 0 Å². The maximum absolute atomic E-state index is 2.39. The number of hydrogen-bond acceptors (Lipinski definition) is 1. The fourth-order valence-electron chi connectivity index (χ4n) is 8.83. The minimum Gasteiger partial charge on any atom is -0.135 e. The second-order valence-corrected chi connectivity index (χ2v) is 15.8. The number of hydrogen-bond donors (Lipinski definition) is 0. The van der Waals surface area contributed by atoms with Gasteiger partial charge in [0, 0.05) is 20.5 Å². The second-order valence-electron chi connectivity index (χ2n) is 14.8. The Morgan fingerprint density at radius 1 is 0.246 bits per heavy atom. The standard InChI is InChI=1S/C56H36S/c1-3-15-40(16-4-1)55-51-36-44(34-35-52(51)57-56(55)43-17-5-2-6-18-43)37-26-30-41(31-27-37)53-47-21-9-11-23-49(47)54(50-24-12-10-22-48(50)53)42-32-28-39(29-33-42)46-25-13-19-38-14-7-8-20-45(38)46/h1-36H. The molecule has 0 aliphatic rings. The third kappa shape index (κ3) is 5.75. The Morgan fingerprint density at radius 3 is 1.28 bits per heavy atom. The van der Waals surface area contributed by atoms with Crippen molar-refractivity contribution >= 4 is 53.7 Å². The van der Waals surface area contributed by atoms with Gasteiger partial charge < -0.3 is 0 Å². The topological polar surface area (TPSA) is 0 Å². The normalized spacial score (nSPS) is 11.5. The molecule has 266 valence electrons. The van der Waals surface area contributed by atoms with E-state index < -0.39 is 0 Å². The van der Waals surface area contributed by atoms with Crippen molar-refractivity contribution in [3.05, 3.63) is 218 Å². The highest BCUT2D eigenvalue weighted by Crippen LogP contribution is 2.47. The Balaban J connectivity index is 1.01. The lowest BCUT2D eigenvalue weighted by atomic mass is 9.85. The van der Waals surface area contributed by atoms with Crippen LogP contribution in [0.3, 0.4) is 0 Å². The van der Waals surface area contributed by atoms with Gasteiger partial charge in [0.1, 0.15) is 0 Å². The number of thiophene rings is 1. The summed E-state index contributed by atoms with van der Waals surface area (Å²) in [7, 11) is 0. The van der Waals surface area contributed by atoms with Gasteiger partial charge in [0.25, 0.3) is 0 Å². The van der Waals surface area contributed by atoms with E-state index in [1.807, 2.05) is 11.3 Å². The lowest BCUT2D eigenvalue weighted by Crippen LogP contribution is -1.91. The van der Waals surface area contributed by atoms with E-state index in [2.05, 4.69) is 218 Å². The summed E-state index contributed by atoms with van der Waals surface area (Å²) in [5, 5.41) is 8.88. The molecule has 0 spiro atoms. The number of rotatable bonds is 6. The average molecular weight is 741 g/mol. The smallest absolute Gasteiger partial charge is 0.0433 e. The Bertz CT molecular complexity index is 3180. The molecular formula is C56H36S. The maximum Gasteiger partial charge on any atom is 0.0433 e. The predicted octanol–water partition coefficient (Wildman–Crippen LogP) is 16.4. The van der Waals surface area contributed by atoms with Crippen molar-refractivity contribution in [2.24, 2.45) is 0 Å². The summed E-state index contributed by atoms with van der Waals surface area (Å²) in [6, 6.07) is 80.1. The van der Waals surface area contributed by atoms with Gasteiger partial charge in [0.15, 0.2) is 0 Å². The fourth-order valence-corrected chi connectivity index (χ4v) is 10.0. The molecule has 0 nitrogen and oxygen atoms in total. The van der Waals surface area contributed by atoms with Gasteiger partial charge in [0.05, 0.1) is 0 Å². The molecule has 0 saturated heterocycles. The van der Waals surface area contributed by atoms with Crippen molar-refractivity contribution in [3.8, 4) is 66.1 Å². The first-order chi connectivity index (χ1) is 28.3. The summed E-state index contributed by atoms with van der Waals surface area (Å²) in [4.78, 5) is 1.31. The van der Waals surface area contributed by atoms with Crippen molar-refractivity contribution in [3.63, 3.8) is 0 Å². The molecule has 11 aromatic rings. The summed E-state index contributed by atoms with van der Waals surface area (Å²) >= 11 is 1.88. The van der Waals surface area contributed by atoms with Crippen molar-refractivity contribution in [1.82, 2.24) is 0 Å². The molecule has 1 heterocycles. The van der Waals surface area contributed by atoms with E-state index in [4.69, 9.17) is 0 Å². The van der Waals surface area contributed by atoms with Crippen LogP contribution in [0.5, 0.6) is 0 Å². The van der Waals surface area contributed by atoms with Crippen LogP contribution < -0.4 is 0 Å². The molecule has 0 radical (unpaired) electrons. The van der Waals surface area contributed by atoms with Crippen molar-refractivity contribution < 1.29 is 0 Å². The molecule has 0 aliphatic heterocycles. The molecule has 57 heavy (non-hydrogen) atoms. The molecule has 0 saturated carbocycles. The quantitative estimate of drug-likeness (QED) is 0.149. The molecule has 1 aromatic heterocycles. The zero-order valence-electron chi connectivity index (χ0n) is 31.2. The molecule has 0 unspecified atom stereocenters. The molecule has 0 N–H and O–H groups in total. The summed E-state index contributed by atoms with van der Waals surface area (Å²) in [5.74, 6) is 0. The van der Waals surface area contributed by atoms with Crippen LogP contribution in [-0.2, 0) is 0 Å². The van der Waals surface area contributed by atoms with Crippen LogP contribution in [0.25, 0.3) is 108 Å². The minimum atomic E-state index is 1.21. The van der Waals surface area contributed by atoms with Gasteiger partial charge in [-0.25, -0.2) is 0 Å². The summed E-state index contributed by atoms with van der Waals surface area (Å²) in [6.07, 6.45) is 0. The summed E-state index contributed by atoms with van der Waals surface area (Å²) in [6.45, 7) is 0. The van der Waals surface area contributed by atoms with Crippen LogP contribution in [0.1, 0.15) is 0 Å². The van der Waals surface area contributed by atoms with Gasteiger partial charge in [-0.15, -0.1) is 11.3 Å². The lowest BCUT2D eigenvalue weighted by Gasteiger charge is -2.18. The number of fused-ring (bicyclic) bond motifs is 4. The molecule has 10 aromatic carbocycles. The predicted molar refractivity (Wildman–Crippen MR) is 247 cm³/mol. The largest absolute Gasteiger partial charge is 0.135 e. The van der Waals surface area contributed by atoms with Gasteiger partial charge >= 0.3 is 0 Å². The molecule has 0 aliphatic carbocycles. The van der Waals surface area contributed by atoms with Crippen LogP contribution in [-0.4, -0.2) is 0 Å². The highest BCUT2D eigenvalue weighted by atomic mass is 32.1. The highest BCUT2D eigenvalue weighted by Gasteiger charge is 2.19. The first-order valence-electron chi connectivity index (χ1n) is 19.6. The number of benzene rings is 10. The van der Waals surface area contributed by atoms with Gasteiger partial charge in [-0.05, 0) is 100 Å². The van der Waals surface area contributed by atoms with Crippen LogP contribution in [0, 0.1) is 0 Å². The van der Waals surface area contributed by atoms with Crippen LogP contribution in [0.15, 0.2) is 218 Å². The molecule has 0 fully saturated rings. The molecule has 1 heteroatoms. The molecule has 0 bridgehead atoms. The third-order valence-electron chi connectivity index (χ3n) is 11.5. The van der Waals surface area contributed by atoms with E-state index in [1.165, 1.54) is 108 Å². The Labute approximate surface area is 336 Å². The minimum absolute atomic E-state index is 1.21. The zero-order valence-corrected chi connectivity index (χ0v) is 32.0. The van der Waals surface area contributed by atoms with Gasteiger partial charge in [-0.2, -0.15) is 0 Å². The second kappa shape index (κ2) is 13.9. The van der Waals surface area contributed by atoms with E-state index in [9.17, 15) is 0 Å². The zero-order chi connectivity index (χ0) is 37.7. The first kappa shape index (κ1) is 33.3. The van der Waals surface area contributed by atoms with E-state index >= 15 is 0 Å². The average Bonchev–Trinajstić information content (AvgIpc) is 3.68. The summed E-state index contributed by atoms with van der Waals surface area (Å²) in [5.41, 5.74) is 13.7. The molecule has 0 atom stereocenters. The molecule has 11 rings (SSSR count). The molecular weight excluding hydrogens is 705 g/mol. The monoisotopic (exact) mass is 740 g/mol. The van der Waals surface area contributed by atoms with Crippen LogP contribution in [0.4, 0.5) is 0 Å². The van der Waals surface area contributed by atoms with Crippen molar-refractivity contribution in [1.29, 1.82) is 0 Å². The van der Waals surface area contributed by atoms with Crippen LogP contribution in [0.2, 0.25) is 0 Å². The Morgan fingerprint density at radius 2 is 0.684 bits per heavy atom. The maximum atomic E-state index is 2.39. The SMILES string of the molecule is c1ccc(-c2sc3ccc(-c4ccc(-c5c6ccccc6c(-c6ccc(-c7cccc8ccccc78)cc6)c6ccccc56)cc4)cc3c2-c2ccccc2)cc1. The molecule has 0 amide bonds. The Hall–Kier alpha value is -7.06. The van der Waals surface area contributed by atoms with Gasteiger partial charge in [-0.1, -0.05) is 206 Å². The van der Waals surface area contributed by atoms with Gasteiger partial charge in [-0.3, -0.25) is 0 Å².